The van der Waals surface area contributed by atoms with E-state index >= 15 is 0 Å². The third kappa shape index (κ3) is 5.61. The molecule has 0 radical (unpaired) electrons. The first kappa shape index (κ1) is 35.8. The number of rotatable bonds is 7. The van der Waals surface area contributed by atoms with Crippen molar-refractivity contribution < 1.29 is 0 Å². The molecule has 0 aliphatic rings. The molecule has 0 atom stereocenters. The monoisotopic (exact) mass is 796 g/mol. The van der Waals surface area contributed by atoms with Crippen LogP contribution in [0.15, 0.2) is 201 Å². The standard InChI is InChI=1S/C56H40N6/c1-56(2,39-13-5-3-6-14-39)40-29-32-58-52(35-40)62-49-26-24-37(36-27-30-57-31-28-36)33-47(49)44-25-23-38(34-51(44)62)42-18-12-22-50-54(42)60-55(61(50)41-15-7-4-8-16-41)46-20-11-19-45-43-17-9-10-21-48(43)59-53(45)46/h3-35,59H,1-2H3. The zero-order valence-corrected chi connectivity index (χ0v) is 34.3. The zero-order valence-electron chi connectivity index (χ0n) is 34.3. The molecular formula is C56H40N6. The highest BCUT2D eigenvalue weighted by Gasteiger charge is 2.25. The molecular weight excluding hydrogens is 757 g/mol. The van der Waals surface area contributed by atoms with Crippen LogP contribution >= 0.6 is 0 Å². The number of benzene rings is 7. The molecule has 0 saturated heterocycles. The van der Waals surface area contributed by atoms with Gasteiger partial charge in [0.2, 0.25) is 0 Å². The molecule has 0 bridgehead atoms. The van der Waals surface area contributed by atoms with Gasteiger partial charge < -0.3 is 4.98 Å². The van der Waals surface area contributed by atoms with Gasteiger partial charge in [0, 0.05) is 67.9 Å². The summed E-state index contributed by atoms with van der Waals surface area (Å²) in [4.78, 5) is 18.7. The lowest BCUT2D eigenvalue weighted by molar-refractivity contribution is 0.639. The van der Waals surface area contributed by atoms with Crippen LogP contribution in [0.2, 0.25) is 0 Å². The first-order valence-corrected chi connectivity index (χ1v) is 21.1. The van der Waals surface area contributed by atoms with Crippen LogP contribution < -0.4 is 0 Å². The molecule has 0 fully saturated rings. The number of hydrogen-bond acceptors (Lipinski definition) is 3. The second kappa shape index (κ2) is 14.0. The van der Waals surface area contributed by atoms with Gasteiger partial charge in [-0.15, -0.1) is 0 Å². The first-order valence-electron chi connectivity index (χ1n) is 21.1. The Labute approximate surface area is 358 Å². The smallest absolute Gasteiger partial charge is 0.147 e. The highest BCUT2D eigenvalue weighted by atomic mass is 15.1. The molecule has 294 valence electrons. The summed E-state index contributed by atoms with van der Waals surface area (Å²) < 4.78 is 4.64. The fraction of sp³-hybridized carbons (Fsp3) is 0.0536. The largest absolute Gasteiger partial charge is 0.354 e. The van der Waals surface area contributed by atoms with Crippen LogP contribution in [-0.4, -0.2) is 29.1 Å². The number of nitrogens with zero attached hydrogens (tertiary/aromatic N) is 5. The first-order chi connectivity index (χ1) is 30.5. The van der Waals surface area contributed by atoms with Gasteiger partial charge in [0.25, 0.3) is 0 Å². The predicted octanol–water partition coefficient (Wildman–Crippen LogP) is 13.9. The fourth-order valence-electron chi connectivity index (χ4n) is 9.52. The summed E-state index contributed by atoms with van der Waals surface area (Å²) in [6.45, 7) is 4.57. The second-order valence-corrected chi connectivity index (χ2v) is 16.6. The highest BCUT2D eigenvalue weighted by molar-refractivity contribution is 6.13. The van der Waals surface area contributed by atoms with Crippen LogP contribution in [0.5, 0.6) is 0 Å². The minimum absolute atomic E-state index is 0.237. The highest BCUT2D eigenvalue weighted by Crippen LogP contribution is 2.42. The van der Waals surface area contributed by atoms with Crippen molar-refractivity contribution in [3.8, 4) is 45.1 Å². The van der Waals surface area contributed by atoms with E-state index in [0.29, 0.717) is 0 Å². The molecule has 7 aromatic carbocycles. The third-order valence-corrected chi connectivity index (χ3v) is 12.8. The van der Waals surface area contributed by atoms with Crippen molar-refractivity contribution in [3.63, 3.8) is 0 Å². The normalized spacial score (nSPS) is 12.0. The maximum atomic E-state index is 5.59. The molecule has 0 amide bonds. The van der Waals surface area contributed by atoms with Crippen molar-refractivity contribution in [1.29, 1.82) is 0 Å². The lowest BCUT2D eigenvalue weighted by atomic mass is 9.78. The van der Waals surface area contributed by atoms with E-state index in [-0.39, 0.29) is 5.41 Å². The number of H-pyrrole nitrogens is 1. The number of pyridine rings is 2. The van der Waals surface area contributed by atoms with Gasteiger partial charge in [-0.25, -0.2) is 9.97 Å². The van der Waals surface area contributed by atoms with Gasteiger partial charge in [-0.2, -0.15) is 0 Å². The molecule has 62 heavy (non-hydrogen) atoms. The maximum absolute atomic E-state index is 5.59. The minimum Gasteiger partial charge on any atom is -0.354 e. The van der Waals surface area contributed by atoms with Crippen LogP contribution in [-0.2, 0) is 5.41 Å². The van der Waals surface area contributed by atoms with Gasteiger partial charge in [0.05, 0.1) is 27.6 Å². The average molecular weight is 797 g/mol. The molecule has 6 heteroatoms. The van der Waals surface area contributed by atoms with E-state index in [1.807, 2.05) is 18.6 Å². The zero-order chi connectivity index (χ0) is 41.4. The van der Waals surface area contributed by atoms with Gasteiger partial charge in [-0.3, -0.25) is 14.1 Å². The number of aromatic amines is 1. The van der Waals surface area contributed by atoms with E-state index < -0.39 is 0 Å². The summed E-state index contributed by atoms with van der Waals surface area (Å²) in [7, 11) is 0. The number of fused-ring (bicyclic) bond motifs is 7. The van der Waals surface area contributed by atoms with E-state index in [9.17, 15) is 0 Å². The Bertz CT molecular complexity index is 3650. The van der Waals surface area contributed by atoms with Crippen molar-refractivity contribution in [3.05, 3.63) is 212 Å². The molecule has 0 spiro atoms. The molecule has 1 N–H and O–H groups in total. The lowest BCUT2D eigenvalue weighted by Crippen LogP contribution is -2.19. The van der Waals surface area contributed by atoms with Crippen LogP contribution in [0.3, 0.4) is 0 Å². The van der Waals surface area contributed by atoms with E-state index in [4.69, 9.17) is 9.97 Å². The van der Waals surface area contributed by atoms with E-state index in [1.165, 1.54) is 21.9 Å². The molecule has 6 nitrogen and oxygen atoms in total. The maximum Gasteiger partial charge on any atom is 0.147 e. The Morgan fingerprint density at radius 3 is 2.06 bits per heavy atom. The minimum atomic E-state index is -0.237. The van der Waals surface area contributed by atoms with Crippen molar-refractivity contribution in [2.75, 3.05) is 0 Å². The van der Waals surface area contributed by atoms with E-state index in [2.05, 4.69) is 215 Å². The Morgan fingerprint density at radius 2 is 1.21 bits per heavy atom. The van der Waals surface area contributed by atoms with E-state index in [0.717, 1.165) is 89.0 Å². The number of imidazole rings is 1. The molecule has 12 aromatic rings. The Balaban J connectivity index is 1.10. The Hall–Kier alpha value is -8.09. The fourth-order valence-corrected chi connectivity index (χ4v) is 9.52. The Morgan fingerprint density at radius 1 is 0.468 bits per heavy atom. The van der Waals surface area contributed by atoms with Crippen LogP contribution in [0.4, 0.5) is 0 Å². The summed E-state index contributed by atoms with van der Waals surface area (Å²) in [6.07, 6.45) is 5.66. The summed E-state index contributed by atoms with van der Waals surface area (Å²) in [5.74, 6) is 1.76. The number of para-hydroxylation sites is 4. The van der Waals surface area contributed by atoms with E-state index in [1.54, 1.807) is 0 Å². The second-order valence-electron chi connectivity index (χ2n) is 16.6. The van der Waals surface area contributed by atoms with Crippen LogP contribution in [0.25, 0.3) is 99.8 Å². The summed E-state index contributed by atoms with van der Waals surface area (Å²) >= 11 is 0. The Kier molecular flexibility index (Phi) is 8.09. The van der Waals surface area contributed by atoms with Gasteiger partial charge in [0.15, 0.2) is 0 Å². The van der Waals surface area contributed by atoms with Crippen molar-refractivity contribution in [2.45, 2.75) is 19.3 Å². The third-order valence-electron chi connectivity index (χ3n) is 12.8. The SMILES string of the molecule is CC(C)(c1ccccc1)c1ccnc(-n2c3ccc(-c4ccncc4)cc3c3ccc(-c4cccc5c4nc(-c4cccc6c4[nH]c4ccccc46)n5-c4ccccc4)cc32)c1. The lowest BCUT2D eigenvalue weighted by Gasteiger charge is -2.26. The summed E-state index contributed by atoms with van der Waals surface area (Å²) in [6, 6.07) is 65.0. The predicted molar refractivity (Wildman–Crippen MR) is 255 cm³/mol. The number of aromatic nitrogens is 6. The van der Waals surface area contributed by atoms with Crippen LogP contribution in [0.1, 0.15) is 25.0 Å². The summed E-state index contributed by atoms with van der Waals surface area (Å²) in [5.41, 5.74) is 15.1. The van der Waals surface area contributed by atoms with Gasteiger partial charge in [0.1, 0.15) is 11.6 Å². The molecule has 5 heterocycles. The molecule has 0 aliphatic carbocycles. The van der Waals surface area contributed by atoms with Crippen molar-refractivity contribution >= 4 is 54.6 Å². The quantitative estimate of drug-likeness (QED) is 0.175. The molecule has 0 aliphatic heterocycles. The number of hydrogen-bond donors (Lipinski definition) is 1. The molecule has 0 unspecified atom stereocenters. The average Bonchev–Trinajstić information content (AvgIpc) is 4.02. The van der Waals surface area contributed by atoms with Crippen molar-refractivity contribution in [1.82, 2.24) is 29.1 Å². The number of nitrogens with one attached hydrogen (secondary N) is 1. The van der Waals surface area contributed by atoms with Crippen molar-refractivity contribution in [2.24, 2.45) is 0 Å². The molecule has 0 saturated carbocycles. The van der Waals surface area contributed by atoms with Gasteiger partial charge in [-0.1, -0.05) is 123 Å². The van der Waals surface area contributed by atoms with Gasteiger partial charge in [-0.05, 0) is 101 Å². The molecule has 5 aromatic heterocycles. The topological polar surface area (TPSA) is 64.3 Å². The van der Waals surface area contributed by atoms with Crippen LogP contribution in [0, 0.1) is 0 Å². The molecule has 12 rings (SSSR count). The van der Waals surface area contributed by atoms with Gasteiger partial charge >= 0.3 is 0 Å². The summed E-state index contributed by atoms with van der Waals surface area (Å²) in [5, 5.41) is 4.70.